The van der Waals surface area contributed by atoms with Gasteiger partial charge in [-0.25, -0.2) is 4.79 Å². The summed E-state index contributed by atoms with van der Waals surface area (Å²) >= 11 is 0. The molecular weight excluding hydrogens is 308 g/mol. The van der Waals surface area contributed by atoms with E-state index in [1.165, 1.54) is 57.8 Å². The Morgan fingerprint density at radius 2 is 1.17 bits per heavy atom. The van der Waals surface area contributed by atoms with Crippen molar-refractivity contribution in [3.63, 3.8) is 0 Å². The van der Waals surface area contributed by atoms with Crippen LogP contribution in [0.5, 0.6) is 0 Å². The average molecular weight is 347 g/mol. The molecule has 0 aliphatic carbocycles. The largest absolute Gasteiger partial charge is 0.396 e. The van der Waals surface area contributed by atoms with E-state index in [4.69, 9.17) is 10.4 Å². The number of rotatable bonds is 17. The molecular formula is C19H38O5. The molecule has 144 valence electrons. The lowest BCUT2D eigenvalue weighted by atomic mass is 9.98. The van der Waals surface area contributed by atoms with E-state index in [0.29, 0.717) is 13.0 Å². The van der Waals surface area contributed by atoms with Gasteiger partial charge in [-0.15, -0.1) is 0 Å². The van der Waals surface area contributed by atoms with Crippen LogP contribution in [0.1, 0.15) is 96.8 Å². The summed E-state index contributed by atoms with van der Waals surface area (Å²) in [5, 5.41) is 26.8. The number of hydrogen-bond acceptors (Lipinski definition) is 5. The third kappa shape index (κ3) is 13.8. The molecule has 0 bridgehead atoms. The minimum atomic E-state index is -0.768. The van der Waals surface area contributed by atoms with Gasteiger partial charge in [0.05, 0.1) is 12.0 Å². The first kappa shape index (κ1) is 23.4. The van der Waals surface area contributed by atoms with Gasteiger partial charge in [-0.05, 0) is 19.8 Å². The van der Waals surface area contributed by atoms with E-state index < -0.39 is 18.0 Å². The van der Waals surface area contributed by atoms with Gasteiger partial charge < -0.3 is 15.1 Å². The quantitative estimate of drug-likeness (QED) is 0.206. The normalized spacial score (nSPS) is 13.7. The number of aliphatic hydroxyl groups excluding tert-OH is 2. The molecule has 0 spiro atoms. The van der Waals surface area contributed by atoms with Crippen molar-refractivity contribution in [3.8, 4) is 0 Å². The minimum Gasteiger partial charge on any atom is -0.396 e. The summed E-state index contributed by atoms with van der Waals surface area (Å²) in [6.45, 7) is 1.89. The lowest BCUT2D eigenvalue weighted by Crippen LogP contribution is -2.26. The summed E-state index contributed by atoms with van der Waals surface area (Å²) in [7, 11) is 0. The van der Waals surface area contributed by atoms with Crippen LogP contribution >= 0.6 is 0 Å². The molecule has 0 rings (SSSR count). The van der Waals surface area contributed by atoms with E-state index in [1.54, 1.807) is 6.92 Å². The molecule has 3 N–H and O–H groups in total. The van der Waals surface area contributed by atoms with Crippen LogP contribution in [0.4, 0.5) is 0 Å². The Hall–Kier alpha value is -0.650. The van der Waals surface area contributed by atoms with Crippen molar-refractivity contribution < 1.29 is 25.2 Å². The van der Waals surface area contributed by atoms with Gasteiger partial charge in [-0.1, -0.05) is 77.0 Å². The maximum absolute atomic E-state index is 11.1. The molecule has 0 aromatic carbocycles. The summed E-state index contributed by atoms with van der Waals surface area (Å²) in [5.74, 6) is -1.44. The Kier molecular flexibility index (Phi) is 16.7. The van der Waals surface area contributed by atoms with Gasteiger partial charge in [0.1, 0.15) is 0 Å². The highest BCUT2D eigenvalue weighted by atomic mass is 17.1. The molecule has 24 heavy (non-hydrogen) atoms. The number of aliphatic hydroxyl groups is 2. The lowest BCUT2D eigenvalue weighted by molar-refractivity contribution is -0.241. The highest BCUT2D eigenvalue weighted by Crippen LogP contribution is 2.16. The third-order valence-corrected chi connectivity index (χ3v) is 4.70. The van der Waals surface area contributed by atoms with Crippen molar-refractivity contribution >= 4 is 5.97 Å². The van der Waals surface area contributed by atoms with Crippen molar-refractivity contribution in [2.24, 2.45) is 5.92 Å². The second-order valence-electron chi connectivity index (χ2n) is 6.87. The predicted octanol–water partition coefficient (Wildman–Crippen LogP) is 4.45. The molecule has 5 nitrogen and oxygen atoms in total. The molecule has 0 aliphatic rings. The topological polar surface area (TPSA) is 87.0 Å². The van der Waals surface area contributed by atoms with E-state index in [2.05, 4.69) is 4.89 Å². The SMILES string of the molecule is CC(C(=O)OO)C(O)CCCCCCCCCCCCCCCO. The monoisotopic (exact) mass is 346 g/mol. The van der Waals surface area contributed by atoms with Crippen molar-refractivity contribution in [1.82, 2.24) is 0 Å². The lowest BCUT2D eigenvalue weighted by Gasteiger charge is -2.15. The first-order valence-corrected chi connectivity index (χ1v) is 9.77. The number of carbonyl (C=O) groups is 1. The predicted molar refractivity (Wildman–Crippen MR) is 95.6 cm³/mol. The van der Waals surface area contributed by atoms with Crippen LogP contribution in [-0.4, -0.2) is 34.2 Å². The smallest absolute Gasteiger partial charge is 0.347 e. The fraction of sp³-hybridized carbons (Fsp3) is 0.947. The van der Waals surface area contributed by atoms with E-state index in [-0.39, 0.29) is 0 Å². The number of unbranched alkanes of at least 4 members (excludes halogenated alkanes) is 12. The Labute approximate surface area is 147 Å². The molecule has 5 heteroatoms. The summed E-state index contributed by atoms with van der Waals surface area (Å²) in [6.07, 6.45) is 15.4. The zero-order valence-corrected chi connectivity index (χ0v) is 15.4. The molecule has 2 atom stereocenters. The van der Waals surface area contributed by atoms with Gasteiger partial charge in [0.15, 0.2) is 0 Å². The Morgan fingerprint density at radius 3 is 1.54 bits per heavy atom. The summed E-state index contributed by atoms with van der Waals surface area (Å²) < 4.78 is 0. The van der Waals surface area contributed by atoms with Crippen LogP contribution in [0.3, 0.4) is 0 Å². The van der Waals surface area contributed by atoms with Gasteiger partial charge in [0.2, 0.25) is 0 Å². The molecule has 0 amide bonds. The van der Waals surface area contributed by atoms with Gasteiger partial charge >= 0.3 is 5.97 Å². The maximum atomic E-state index is 11.1. The molecule has 0 fully saturated rings. The van der Waals surface area contributed by atoms with Gasteiger partial charge in [-0.3, -0.25) is 0 Å². The highest BCUT2D eigenvalue weighted by molar-refractivity contribution is 5.71. The van der Waals surface area contributed by atoms with Gasteiger partial charge in [0, 0.05) is 6.61 Å². The van der Waals surface area contributed by atoms with Crippen molar-refractivity contribution in [2.45, 2.75) is 103 Å². The van der Waals surface area contributed by atoms with Crippen molar-refractivity contribution in [3.05, 3.63) is 0 Å². The number of carbonyl (C=O) groups excluding carboxylic acids is 1. The Bertz CT molecular complexity index is 283. The average Bonchev–Trinajstić information content (AvgIpc) is 2.60. The second-order valence-corrected chi connectivity index (χ2v) is 6.87. The van der Waals surface area contributed by atoms with Crippen LogP contribution in [0, 0.1) is 5.92 Å². The van der Waals surface area contributed by atoms with Crippen molar-refractivity contribution in [1.29, 1.82) is 0 Å². The van der Waals surface area contributed by atoms with Gasteiger partial charge in [-0.2, -0.15) is 5.26 Å². The highest BCUT2D eigenvalue weighted by Gasteiger charge is 2.23. The zero-order valence-electron chi connectivity index (χ0n) is 15.4. The van der Waals surface area contributed by atoms with Gasteiger partial charge in [0.25, 0.3) is 0 Å². The fourth-order valence-corrected chi connectivity index (χ4v) is 2.90. The maximum Gasteiger partial charge on any atom is 0.347 e. The summed E-state index contributed by atoms with van der Waals surface area (Å²) in [4.78, 5) is 14.7. The molecule has 0 aromatic rings. The second kappa shape index (κ2) is 17.2. The van der Waals surface area contributed by atoms with Crippen LogP contribution in [0.15, 0.2) is 0 Å². The van der Waals surface area contributed by atoms with E-state index in [1.807, 2.05) is 0 Å². The van der Waals surface area contributed by atoms with E-state index in [0.717, 1.165) is 25.7 Å². The van der Waals surface area contributed by atoms with E-state index in [9.17, 15) is 9.90 Å². The summed E-state index contributed by atoms with van der Waals surface area (Å²) in [5.41, 5.74) is 0. The molecule has 0 saturated carbocycles. The molecule has 0 aromatic heterocycles. The standard InChI is InChI=1S/C19H38O5/c1-17(19(22)24-23)18(21)15-13-11-9-7-5-3-2-4-6-8-10-12-14-16-20/h17-18,20-21,23H,2-16H2,1H3. The Morgan fingerprint density at radius 1 is 0.792 bits per heavy atom. The molecule has 2 unspecified atom stereocenters. The van der Waals surface area contributed by atoms with Crippen LogP contribution < -0.4 is 0 Å². The molecule has 0 heterocycles. The van der Waals surface area contributed by atoms with Crippen LogP contribution in [0.25, 0.3) is 0 Å². The first-order chi connectivity index (χ1) is 11.6. The molecule has 0 aliphatic heterocycles. The van der Waals surface area contributed by atoms with Crippen molar-refractivity contribution in [2.75, 3.05) is 6.61 Å². The van der Waals surface area contributed by atoms with Crippen LogP contribution in [0.2, 0.25) is 0 Å². The third-order valence-electron chi connectivity index (χ3n) is 4.70. The number of hydrogen-bond donors (Lipinski definition) is 3. The van der Waals surface area contributed by atoms with Crippen LogP contribution in [-0.2, 0) is 9.68 Å². The molecule has 0 radical (unpaired) electrons. The Balaban J connectivity index is 3.24. The molecule has 0 saturated heterocycles. The minimum absolute atomic E-state index is 0.327. The van der Waals surface area contributed by atoms with E-state index >= 15 is 0 Å². The first-order valence-electron chi connectivity index (χ1n) is 9.77. The summed E-state index contributed by atoms with van der Waals surface area (Å²) in [6, 6.07) is 0. The zero-order chi connectivity index (χ0) is 18.0. The fourth-order valence-electron chi connectivity index (χ4n) is 2.90.